The fourth-order valence-corrected chi connectivity index (χ4v) is 4.48. The van der Waals surface area contributed by atoms with Gasteiger partial charge < -0.3 is 9.80 Å². The molecule has 138 valence electrons. The summed E-state index contributed by atoms with van der Waals surface area (Å²) in [5, 5.41) is 0.693. The lowest BCUT2D eigenvalue weighted by Crippen LogP contribution is -2.64. The molecule has 2 saturated heterocycles. The highest BCUT2D eigenvalue weighted by Gasteiger charge is 2.54. The molecule has 26 heavy (non-hydrogen) atoms. The first-order valence-electron chi connectivity index (χ1n) is 9.25. The molecule has 1 aromatic rings. The molecule has 2 amide bonds. The maximum Gasteiger partial charge on any atom is 0.246 e. The molecule has 3 aliphatic rings. The Hall–Kier alpha value is -1.85. The average molecular weight is 374 g/mol. The zero-order valence-corrected chi connectivity index (χ0v) is 15.6. The Morgan fingerprint density at radius 1 is 1.08 bits per heavy atom. The van der Waals surface area contributed by atoms with Crippen molar-refractivity contribution in [3.05, 3.63) is 47.5 Å². The monoisotopic (exact) mass is 373 g/mol. The van der Waals surface area contributed by atoms with Crippen LogP contribution in [0.3, 0.4) is 0 Å². The molecule has 2 heterocycles. The van der Waals surface area contributed by atoms with E-state index in [4.69, 9.17) is 11.6 Å². The third kappa shape index (κ3) is 2.93. The topological polar surface area (TPSA) is 43.9 Å². The van der Waals surface area contributed by atoms with Crippen molar-refractivity contribution in [2.24, 2.45) is 0 Å². The summed E-state index contributed by atoms with van der Waals surface area (Å²) in [7, 11) is 0. The van der Waals surface area contributed by atoms with Crippen LogP contribution < -0.4 is 0 Å². The normalized spacial score (nSPS) is 22.7. The third-order valence-corrected chi connectivity index (χ3v) is 6.34. The summed E-state index contributed by atoms with van der Waals surface area (Å²) < 4.78 is 0. The maximum absolute atomic E-state index is 13.2. The molecule has 3 fully saturated rings. The van der Waals surface area contributed by atoms with Crippen molar-refractivity contribution >= 4 is 23.4 Å². The molecule has 1 saturated carbocycles. The molecule has 0 spiro atoms. The average Bonchev–Trinajstić information content (AvgIpc) is 3.42. The minimum Gasteiger partial charge on any atom is -0.339 e. The van der Waals surface area contributed by atoms with Crippen LogP contribution in [0.5, 0.6) is 0 Å². The van der Waals surface area contributed by atoms with E-state index in [1.807, 2.05) is 34.1 Å². The van der Waals surface area contributed by atoms with E-state index in [1.165, 1.54) is 6.08 Å². The van der Waals surface area contributed by atoms with Crippen LogP contribution in [0, 0.1) is 0 Å². The summed E-state index contributed by atoms with van der Waals surface area (Å²) in [6, 6.07) is 8.14. The number of piperazine rings is 1. The second-order valence-corrected chi connectivity index (χ2v) is 7.90. The van der Waals surface area contributed by atoms with Gasteiger partial charge in [-0.05, 0) is 30.5 Å². The SMILES string of the molecule is C=CC(=O)N1CC(N2CCN(C(=O)C3(c4ccccc4Cl)CC3)CC2)C1. The molecule has 4 rings (SSSR count). The van der Waals surface area contributed by atoms with Crippen molar-refractivity contribution in [1.82, 2.24) is 14.7 Å². The lowest BCUT2D eigenvalue weighted by Gasteiger charge is -2.48. The zero-order chi connectivity index (χ0) is 18.3. The predicted molar refractivity (Wildman–Crippen MR) is 101 cm³/mol. The Bertz CT molecular complexity index is 732. The fourth-order valence-electron chi connectivity index (χ4n) is 4.16. The van der Waals surface area contributed by atoms with Gasteiger partial charge in [0.15, 0.2) is 0 Å². The van der Waals surface area contributed by atoms with Gasteiger partial charge in [-0.1, -0.05) is 36.4 Å². The number of hydrogen-bond donors (Lipinski definition) is 0. The van der Waals surface area contributed by atoms with Gasteiger partial charge in [0.25, 0.3) is 0 Å². The van der Waals surface area contributed by atoms with E-state index >= 15 is 0 Å². The van der Waals surface area contributed by atoms with E-state index in [9.17, 15) is 9.59 Å². The Balaban J connectivity index is 1.34. The van der Waals surface area contributed by atoms with Gasteiger partial charge in [-0.2, -0.15) is 0 Å². The number of carbonyl (C=O) groups is 2. The smallest absolute Gasteiger partial charge is 0.246 e. The van der Waals surface area contributed by atoms with Crippen molar-refractivity contribution < 1.29 is 9.59 Å². The van der Waals surface area contributed by atoms with Crippen LogP contribution in [-0.4, -0.2) is 71.8 Å². The van der Waals surface area contributed by atoms with Crippen LogP contribution in [0.15, 0.2) is 36.9 Å². The van der Waals surface area contributed by atoms with Gasteiger partial charge in [0, 0.05) is 50.3 Å². The van der Waals surface area contributed by atoms with Gasteiger partial charge in [-0.3, -0.25) is 14.5 Å². The van der Waals surface area contributed by atoms with E-state index in [0.29, 0.717) is 11.1 Å². The van der Waals surface area contributed by atoms with E-state index < -0.39 is 5.41 Å². The molecule has 5 nitrogen and oxygen atoms in total. The minimum absolute atomic E-state index is 0.00507. The van der Waals surface area contributed by atoms with Crippen molar-refractivity contribution in [2.75, 3.05) is 39.3 Å². The van der Waals surface area contributed by atoms with Crippen LogP contribution >= 0.6 is 11.6 Å². The van der Waals surface area contributed by atoms with E-state index in [2.05, 4.69) is 11.5 Å². The lowest BCUT2D eigenvalue weighted by atomic mass is 9.93. The van der Waals surface area contributed by atoms with E-state index in [0.717, 1.165) is 57.7 Å². The van der Waals surface area contributed by atoms with Gasteiger partial charge in [0.05, 0.1) is 5.41 Å². The molecule has 1 aromatic carbocycles. The van der Waals surface area contributed by atoms with Gasteiger partial charge >= 0.3 is 0 Å². The highest BCUT2D eigenvalue weighted by Crippen LogP contribution is 2.51. The Morgan fingerprint density at radius 2 is 1.73 bits per heavy atom. The summed E-state index contributed by atoms with van der Waals surface area (Å²) in [5.74, 6) is 0.229. The van der Waals surface area contributed by atoms with Gasteiger partial charge in [-0.25, -0.2) is 0 Å². The molecule has 6 heteroatoms. The second-order valence-electron chi connectivity index (χ2n) is 7.49. The molecule has 0 N–H and O–H groups in total. The van der Waals surface area contributed by atoms with Crippen molar-refractivity contribution in [1.29, 1.82) is 0 Å². The molecule has 2 aliphatic heterocycles. The third-order valence-electron chi connectivity index (χ3n) is 6.02. The summed E-state index contributed by atoms with van der Waals surface area (Å²) in [6.45, 7) is 8.29. The molecular formula is C20H24ClN3O2. The number of likely N-dealkylation sites (tertiary alicyclic amines) is 1. The molecule has 0 bridgehead atoms. The van der Waals surface area contributed by atoms with Crippen molar-refractivity contribution in [2.45, 2.75) is 24.3 Å². The zero-order valence-electron chi connectivity index (χ0n) is 14.9. The Kier molecular flexibility index (Phi) is 4.53. The summed E-state index contributed by atoms with van der Waals surface area (Å²) >= 11 is 6.36. The molecule has 0 radical (unpaired) electrons. The summed E-state index contributed by atoms with van der Waals surface area (Å²) in [6.07, 6.45) is 3.14. The van der Waals surface area contributed by atoms with Crippen LogP contribution in [-0.2, 0) is 15.0 Å². The number of hydrogen-bond acceptors (Lipinski definition) is 3. The molecule has 0 atom stereocenters. The predicted octanol–water partition coefficient (Wildman–Crippen LogP) is 1.91. The summed E-state index contributed by atoms with van der Waals surface area (Å²) in [4.78, 5) is 30.9. The highest BCUT2D eigenvalue weighted by molar-refractivity contribution is 6.31. The Labute approximate surface area is 159 Å². The van der Waals surface area contributed by atoms with Crippen LogP contribution in [0.4, 0.5) is 0 Å². The number of halogens is 1. The van der Waals surface area contributed by atoms with Crippen LogP contribution in [0.2, 0.25) is 5.02 Å². The van der Waals surface area contributed by atoms with Crippen LogP contribution in [0.25, 0.3) is 0 Å². The number of rotatable bonds is 4. The maximum atomic E-state index is 13.2. The second kappa shape index (κ2) is 6.71. The first-order valence-corrected chi connectivity index (χ1v) is 9.63. The van der Waals surface area contributed by atoms with Crippen LogP contribution in [0.1, 0.15) is 18.4 Å². The highest BCUT2D eigenvalue weighted by atomic mass is 35.5. The van der Waals surface area contributed by atoms with Gasteiger partial charge in [0.2, 0.25) is 11.8 Å². The Morgan fingerprint density at radius 3 is 2.31 bits per heavy atom. The summed E-state index contributed by atoms with van der Waals surface area (Å²) in [5.41, 5.74) is 0.580. The van der Waals surface area contributed by atoms with Crippen molar-refractivity contribution in [3.8, 4) is 0 Å². The van der Waals surface area contributed by atoms with E-state index in [-0.39, 0.29) is 11.8 Å². The lowest BCUT2D eigenvalue weighted by molar-refractivity contribution is -0.138. The minimum atomic E-state index is -0.399. The molecule has 0 unspecified atom stereocenters. The number of carbonyl (C=O) groups excluding carboxylic acids is 2. The number of amides is 2. The first kappa shape index (κ1) is 17.6. The van der Waals surface area contributed by atoms with Gasteiger partial charge in [0.1, 0.15) is 0 Å². The van der Waals surface area contributed by atoms with Gasteiger partial charge in [-0.15, -0.1) is 0 Å². The van der Waals surface area contributed by atoms with Crippen molar-refractivity contribution in [3.63, 3.8) is 0 Å². The molecule has 1 aliphatic carbocycles. The number of benzene rings is 1. The standard InChI is InChI=1S/C20H24ClN3O2/c1-2-18(25)24-13-15(14-24)22-9-11-23(12-10-22)19(26)20(7-8-20)16-5-3-4-6-17(16)21/h2-6,15H,1,7-14H2. The van der Waals surface area contributed by atoms with E-state index in [1.54, 1.807) is 0 Å². The fraction of sp³-hybridized carbons (Fsp3) is 0.500. The molecule has 0 aromatic heterocycles. The first-order chi connectivity index (χ1) is 12.5. The number of nitrogens with zero attached hydrogens (tertiary/aromatic N) is 3. The molecular weight excluding hydrogens is 350 g/mol. The quantitative estimate of drug-likeness (QED) is 0.757. The largest absolute Gasteiger partial charge is 0.339 e.